The highest BCUT2D eigenvalue weighted by Gasteiger charge is 2.55. The zero-order chi connectivity index (χ0) is 13.3. The normalized spacial score (nSPS) is 24.2. The van der Waals surface area contributed by atoms with E-state index in [0.29, 0.717) is 17.2 Å². The average molecular weight is 254 g/mol. The number of phenols is 2. The average Bonchev–Trinajstić information content (AvgIpc) is 3.21. The van der Waals surface area contributed by atoms with E-state index in [0.717, 1.165) is 0 Å². The molecule has 2 aromatic carbocycles. The number of aromatic hydroxyl groups is 2. The van der Waals surface area contributed by atoms with Gasteiger partial charge in [-0.3, -0.25) is 9.59 Å². The summed E-state index contributed by atoms with van der Waals surface area (Å²) < 4.78 is 0. The molecule has 4 heteroatoms. The largest absolute Gasteiger partial charge is 0.507 e. The topological polar surface area (TPSA) is 74.6 Å². The Hall–Kier alpha value is -2.36. The van der Waals surface area contributed by atoms with Gasteiger partial charge in [0.1, 0.15) is 11.5 Å². The van der Waals surface area contributed by atoms with E-state index in [-0.39, 0.29) is 46.0 Å². The first-order valence-electron chi connectivity index (χ1n) is 6.16. The molecule has 2 unspecified atom stereocenters. The van der Waals surface area contributed by atoms with Gasteiger partial charge in [-0.05, 0) is 6.42 Å². The van der Waals surface area contributed by atoms with E-state index in [1.807, 2.05) is 0 Å². The summed E-state index contributed by atoms with van der Waals surface area (Å²) in [5.74, 6) is -1.42. The Labute approximate surface area is 108 Å². The van der Waals surface area contributed by atoms with Crippen molar-refractivity contribution >= 4 is 22.3 Å². The summed E-state index contributed by atoms with van der Waals surface area (Å²) in [6.07, 6.45) is 0.529. The first-order valence-corrected chi connectivity index (χ1v) is 6.16. The number of benzene rings is 2. The zero-order valence-electron chi connectivity index (χ0n) is 9.88. The molecule has 2 N–H and O–H groups in total. The summed E-state index contributed by atoms with van der Waals surface area (Å²) in [7, 11) is 0. The van der Waals surface area contributed by atoms with Crippen molar-refractivity contribution in [2.24, 2.45) is 11.8 Å². The van der Waals surface area contributed by atoms with Gasteiger partial charge in [-0.15, -0.1) is 0 Å². The third kappa shape index (κ3) is 1.13. The highest BCUT2D eigenvalue weighted by molar-refractivity contribution is 6.24. The minimum absolute atomic E-state index is 0.0000463. The van der Waals surface area contributed by atoms with Gasteiger partial charge in [0.25, 0.3) is 0 Å². The van der Waals surface area contributed by atoms with Crippen LogP contribution in [-0.4, -0.2) is 21.8 Å². The summed E-state index contributed by atoms with van der Waals surface area (Å²) in [5.41, 5.74) is -0.0000926. The molecule has 2 aliphatic rings. The van der Waals surface area contributed by atoms with Gasteiger partial charge in [0.05, 0.1) is 11.1 Å². The number of phenolic OH excluding ortho intramolecular Hbond substituents is 2. The van der Waals surface area contributed by atoms with Crippen molar-refractivity contribution in [1.29, 1.82) is 0 Å². The number of hydrogen-bond donors (Lipinski definition) is 2. The van der Waals surface area contributed by atoms with Crippen LogP contribution >= 0.6 is 0 Å². The van der Waals surface area contributed by atoms with E-state index >= 15 is 0 Å². The molecule has 4 nitrogen and oxygen atoms in total. The Bertz CT molecular complexity index is 711. The van der Waals surface area contributed by atoms with Crippen LogP contribution in [0.5, 0.6) is 11.5 Å². The van der Waals surface area contributed by atoms with E-state index in [1.165, 1.54) is 0 Å². The van der Waals surface area contributed by atoms with Crippen LogP contribution in [0.3, 0.4) is 0 Å². The maximum Gasteiger partial charge on any atom is 0.171 e. The predicted octanol–water partition coefficient (Wildman–Crippen LogP) is 2.27. The molecular formula is C15H10O4. The molecule has 0 amide bonds. The maximum absolute atomic E-state index is 12.2. The van der Waals surface area contributed by atoms with Crippen LogP contribution in [0.1, 0.15) is 27.1 Å². The maximum atomic E-state index is 12.2. The van der Waals surface area contributed by atoms with Crippen molar-refractivity contribution in [3.8, 4) is 11.5 Å². The second kappa shape index (κ2) is 3.15. The van der Waals surface area contributed by atoms with Gasteiger partial charge in [0, 0.05) is 22.6 Å². The highest BCUT2D eigenvalue weighted by atomic mass is 16.3. The highest BCUT2D eigenvalue weighted by Crippen LogP contribution is 2.53. The summed E-state index contributed by atoms with van der Waals surface area (Å²) in [4.78, 5) is 24.4. The summed E-state index contributed by atoms with van der Waals surface area (Å²) >= 11 is 0. The lowest BCUT2D eigenvalue weighted by atomic mass is 9.85. The molecule has 2 atom stereocenters. The lowest BCUT2D eigenvalue weighted by molar-refractivity contribution is 0.0873. The van der Waals surface area contributed by atoms with Gasteiger partial charge < -0.3 is 10.2 Å². The van der Waals surface area contributed by atoms with Crippen molar-refractivity contribution in [2.45, 2.75) is 6.42 Å². The molecule has 0 radical (unpaired) electrons. The molecule has 2 aromatic rings. The van der Waals surface area contributed by atoms with E-state index in [2.05, 4.69) is 0 Å². The van der Waals surface area contributed by atoms with Crippen LogP contribution in [0.4, 0.5) is 0 Å². The van der Waals surface area contributed by atoms with Gasteiger partial charge in [0.2, 0.25) is 0 Å². The molecule has 0 spiro atoms. The molecular weight excluding hydrogens is 244 g/mol. The Morgan fingerprint density at radius 2 is 1.26 bits per heavy atom. The van der Waals surface area contributed by atoms with Crippen LogP contribution in [-0.2, 0) is 0 Å². The summed E-state index contributed by atoms with van der Waals surface area (Å²) in [5, 5.41) is 21.3. The fourth-order valence-electron chi connectivity index (χ4n) is 3.03. The lowest BCUT2D eigenvalue weighted by Gasteiger charge is -2.18. The van der Waals surface area contributed by atoms with Crippen LogP contribution in [0, 0.1) is 11.8 Å². The third-order valence-electron chi connectivity index (χ3n) is 4.12. The van der Waals surface area contributed by atoms with E-state index in [4.69, 9.17) is 0 Å². The van der Waals surface area contributed by atoms with Crippen molar-refractivity contribution < 1.29 is 19.8 Å². The SMILES string of the molecule is O=C1c2c(c(O)c3ccccc3c2O)C(=O)C2CC12. The van der Waals surface area contributed by atoms with Gasteiger partial charge >= 0.3 is 0 Å². The molecule has 19 heavy (non-hydrogen) atoms. The monoisotopic (exact) mass is 254 g/mol. The molecule has 0 aromatic heterocycles. The molecule has 1 saturated carbocycles. The lowest BCUT2D eigenvalue weighted by Crippen LogP contribution is -2.20. The number of carbonyl (C=O) groups excluding carboxylic acids is 2. The first-order chi connectivity index (χ1) is 9.11. The minimum Gasteiger partial charge on any atom is -0.507 e. The van der Waals surface area contributed by atoms with Gasteiger partial charge in [-0.2, -0.15) is 0 Å². The van der Waals surface area contributed by atoms with E-state index < -0.39 is 0 Å². The number of hydrogen-bond acceptors (Lipinski definition) is 4. The molecule has 0 saturated heterocycles. The quantitative estimate of drug-likeness (QED) is 0.707. The number of Topliss-reactive ketones (excluding diaryl/α,β-unsaturated/α-hetero) is 2. The van der Waals surface area contributed by atoms with Gasteiger partial charge in [-0.25, -0.2) is 0 Å². The second-order valence-electron chi connectivity index (χ2n) is 5.17. The number of fused-ring (bicyclic) bond motifs is 3. The number of rotatable bonds is 0. The number of ketones is 2. The fraction of sp³-hybridized carbons (Fsp3) is 0.200. The molecule has 2 aliphatic carbocycles. The number of carbonyl (C=O) groups is 2. The standard InChI is InChI=1S/C15H10O4/c16-12-6-3-1-2-4-7(6)13(17)11-10(12)14(18)8-5-9(8)15(11)19/h1-4,8-9,16-17H,5H2. The molecule has 0 heterocycles. The fourth-order valence-corrected chi connectivity index (χ4v) is 3.03. The molecule has 0 bridgehead atoms. The zero-order valence-corrected chi connectivity index (χ0v) is 9.88. The van der Waals surface area contributed by atoms with Crippen LogP contribution < -0.4 is 0 Å². The van der Waals surface area contributed by atoms with Crippen LogP contribution in [0.25, 0.3) is 10.8 Å². The van der Waals surface area contributed by atoms with E-state index in [9.17, 15) is 19.8 Å². The Balaban J connectivity index is 2.20. The third-order valence-corrected chi connectivity index (χ3v) is 4.12. The Morgan fingerprint density at radius 3 is 1.68 bits per heavy atom. The van der Waals surface area contributed by atoms with Crippen LogP contribution in [0.15, 0.2) is 24.3 Å². The first kappa shape index (κ1) is 10.6. The Kier molecular flexibility index (Phi) is 1.75. The van der Waals surface area contributed by atoms with Crippen molar-refractivity contribution in [1.82, 2.24) is 0 Å². The second-order valence-corrected chi connectivity index (χ2v) is 5.17. The van der Waals surface area contributed by atoms with E-state index in [1.54, 1.807) is 24.3 Å². The Morgan fingerprint density at radius 1 is 0.842 bits per heavy atom. The van der Waals surface area contributed by atoms with Crippen LogP contribution in [0.2, 0.25) is 0 Å². The smallest absolute Gasteiger partial charge is 0.171 e. The molecule has 0 aliphatic heterocycles. The molecule has 4 rings (SSSR count). The van der Waals surface area contributed by atoms with Crippen molar-refractivity contribution in [3.63, 3.8) is 0 Å². The molecule has 94 valence electrons. The molecule has 1 fully saturated rings. The summed E-state index contributed by atoms with van der Waals surface area (Å²) in [6.45, 7) is 0. The predicted molar refractivity (Wildman–Crippen MR) is 67.5 cm³/mol. The van der Waals surface area contributed by atoms with Crippen molar-refractivity contribution in [2.75, 3.05) is 0 Å². The summed E-state index contributed by atoms with van der Waals surface area (Å²) in [6, 6.07) is 6.68. The van der Waals surface area contributed by atoms with Gasteiger partial charge in [0.15, 0.2) is 11.6 Å². The van der Waals surface area contributed by atoms with Crippen molar-refractivity contribution in [3.05, 3.63) is 35.4 Å². The minimum atomic E-state index is -0.300. The van der Waals surface area contributed by atoms with Gasteiger partial charge in [-0.1, -0.05) is 24.3 Å².